The van der Waals surface area contributed by atoms with E-state index in [0.29, 0.717) is 5.69 Å². The third-order valence-corrected chi connectivity index (χ3v) is 3.30. The molecule has 0 fully saturated rings. The highest BCUT2D eigenvalue weighted by molar-refractivity contribution is 5.94. The van der Waals surface area contributed by atoms with Crippen molar-refractivity contribution in [1.82, 2.24) is 19.9 Å². The summed E-state index contributed by atoms with van der Waals surface area (Å²) in [6.45, 7) is 0. The minimum absolute atomic E-state index is 0.663. The van der Waals surface area contributed by atoms with Gasteiger partial charge in [-0.25, -0.2) is 4.98 Å². The van der Waals surface area contributed by atoms with Crippen LogP contribution in [0.15, 0.2) is 48.8 Å². The van der Waals surface area contributed by atoms with Crippen LogP contribution in [0.5, 0.6) is 0 Å². The van der Waals surface area contributed by atoms with Gasteiger partial charge in [0.15, 0.2) is 0 Å². The maximum Gasteiger partial charge on any atom is 0.140 e. The monoisotopic (exact) mass is 261 g/mol. The van der Waals surface area contributed by atoms with Gasteiger partial charge in [-0.1, -0.05) is 12.1 Å². The van der Waals surface area contributed by atoms with Crippen LogP contribution >= 0.6 is 0 Å². The number of nitrogens with two attached hydrogens (primary N) is 1. The first kappa shape index (κ1) is 10.9. The normalized spacial score (nSPS) is 11.2. The predicted molar refractivity (Wildman–Crippen MR) is 79.0 cm³/mol. The van der Waals surface area contributed by atoms with Gasteiger partial charge in [0.1, 0.15) is 11.3 Å². The van der Waals surface area contributed by atoms with E-state index >= 15 is 0 Å². The van der Waals surface area contributed by atoms with E-state index in [4.69, 9.17) is 5.73 Å². The van der Waals surface area contributed by atoms with Gasteiger partial charge in [-0.05, 0) is 24.3 Å². The van der Waals surface area contributed by atoms with Crippen molar-refractivity contribution in [3.05, 3.63) is 48.8 Å². The van der Waals surface area contributed by atoms with Crippen molar-refractivity contribution in [2.24, 2.45) is 0 Å². The van der Waals surface area contributed by atoms with Crippen LogP contribution in [0, 0.1) is 0 Å². The second kappa shape index (κ2) is 4.03. The summed E-state index contributed by atoms with van der Waals surface area (Å²) < 4.78 is 0. The van der Waals surface area contributed by atoms with E-state index in [1.807, 2.05) is 36.4 Å². The van der Waals surface area contributed by atoms with Crippen LogP contribution in [-0.4, -0.2) is 19.9 Å². The molecule has 0 amide bonds. The maximum absolute atomic E-state index is 5.95. The van der Waals surface area contributed by atoms with Crippen LogP contribution in [0.1, 0.15) is 0 Å². The summed E-state index contributed by atoms with van der Waals surface area (Å²) in [4.78, 5) is 16.6. The molecule has 4 rings (SSSR count). The molecule has 0 aliphatic carbocycles. The molecule has 3 N–H and O–H groups in total. The number of H-pyrrole nitrogens is 1. The highest BCUT2D eigenvalue weighted by Crippen LogP contribution is 2.27. The Bertz CT molecular complexity index is 921. The summed E-state index contributed by atoms with van der Waals surface area (Å²) in [7, 11) is 0. The maximum atomic E-state index is 5.95. The number of aromatic amines is 1. The van der Waals surface area contributed by atoms with Gasteiger partial charge in [-0.3, -0.25) is 9.97 Å². The number of nitrogens with one attached hydrogen (secondary N) is 1. The van der Waals surface area contributed by atoms with Gasteiger partial charge in [-0.2, -0.15) is 0 Å². The van der Waals surface area contributed by atoms with Crippen molar-refractivity contribution in [2.45, 2.75) is 0 Å². The van der Waals surface area contributed by atoms with E-state index in [1.54, 1.807) is 12.4 Å². The Balaban J connectivity index is 2.04. The zero-order valence-corrected chi connectivity index (χ0v) is 10.5. The van der Waals surface area contributed by atoms with Gasteiger partial charge in [0.2, 0.25) is 0 Å². The molecule has 2 aromatic carbocycles. The van der Waals surface area contributed by atoms with E-state index < -0.39 is 0 Å². The fourth-order valence-corrected chi connectivity index (χ4v) is 2.37. The first-order valence-electron chi connectivity index (χ1n) is 6.27. The second-order valence-electron chi connectivity index (χ2n) is 4.56. The lowest BCUT2D eigenvalue weighted by Crippen LogP contribution is -1.88. The standard InChI is InChI=1S/C15H11N5/c16-10-4-2-6-12-14(10)20-15(19-12)9-3-1-5-11-13(9)18-8-7-17-11/h1-8H,16H2,(H,19,20). The van der Waals surface area contributed by atoms with Crippen LogP contribution in [0.25, 0.3) is 33.5 Å². The van der Waals surface area contributed by atoms with Gasteiger partial charge in [0.25, 0.3) is 0 Å². The van der Waals surface area contributed by atoms with E-state index in [2.05, 4.69) is 19.9 Å². The van der Waals surface area contributed by atoms with Crippen molar-refractivity contribution in [3.8, 4) is 11.4 Å². The Morgan fingerprint density at radius 3 is 2.65 bits per heavy atom. The number of rotatable bonds is 1. The lowest BCUT2D eigenvalue weighted by atomic mass is 10.1. The summed E-state index contributed by atoms with van der Waals surface area (Å²) in [5.41, 5.74) is 10.9. The molecule has 0 bridgehead atoms. The number of nitrogens with zero attached hydrogens (tertiary/aromatic N) is 3. The quantitative estimate of drug-likeness (QED) is 0.516. The number of hydrogen-bond donors (Lipinski definition) is 2. The second-order valence-corrected chi connectivity index (χ2v) is 4.56. The average molecular weight is 261 g/mol. The van der Waals surface area contributed by atoms with Gasteiger partial charge in [-0.15, -0.1) is 0 Å². The minimum Gasteiger partial charge on any atom is -0.397 e. The Morgan fingerprint density at radius 1 is 0.900 bits per heavy atom. The number of aromatic nitrogens is 4. The molecule has 2 aromatic heterocycles. The number of benzene rings is 2. The largest absolute Gasteiger partial charge is 0.397 e. The molecule has 5 nitrogen and oxygen atoms in total. The van der Waals surface area contributed by atoms with E-state index in [1.165, 1.54) is 0 Å². The van der Waals surface area contributed by atoms with Gasteiger partial charge in [0.05, 0.1) is 22.2 Å². The van der Waals surface area contributed by atoms with Crippen LogP contribution in [0.3, 0.4) is 0 Å². The van der Waals surface area contributed by atoms with Crippen LogP contribution in [0.2, 0.25) is 0 Å². The zero-order chi connectivity index (χ0) is 13.5. The summed E-state index contributed by atoms with van der Waals surface area (Å²) in [6.07, 6.45) is 3.37. The topological polar surface area (TPSA) is 80.5 Å². The summed E-state index contributed by atoms with van der Waals surface area (Å²) in [5.74, 6) is 0.754. The van der Waals surface area contributed by atoms with Crippen LogP contribution in [0.4, 0.5) is 5.69 Å². The Hall–Kier alpha value is -2.95. The lowest BCUT2D eigenvalue weighted by Gasteiger charge is -2.01. The van der Waals surface area contributed by atoms with Crippen LogP contribution in [-0.2, 0) is 0 Å². The average Bonchev–Trinajstić information content (AvgIpc) is 2.92. The summed E-state index contributed by atoms with van der Waals surface area (Å²) >= 11 is 0. The third kappa shape index (κ3) is 1.53. The molecule has 0 aliphatic rings. The van der Waals surface area contributed by atoms with Crippen molar-refractivity contribution in [1.29, 1.82) is 0 Å². The number of anilines is 1. The molecule has 96 valence electrons. The van der Waals surface area contributed by atoms with E-state index in [-0.39, 0.29) is 0 Å². The van der Waals surface area contributed by atoms with Gasteiger partial charge >= 0.3 is 0 Å². The smallest absolute Gasteiger partial charge is 0.140 e. The Labute approximate surface area is 114 Å². The summed E-state index contributed by atoms with van der Waals surface area (Å²) in [5, 5.41) is 0. The SMILES string of the molecule is Nc1cccc2[nH]c(-c3cccc4nccnc34)nc12. The zero-order valence-electron chi connectivity index (χ0n) is 10.5. The van der Waals surface area contributed by atoms with Crippen molar-refractivity contribution >= 4 is 27.8 Å². The summed E-state index contributed by atoms with van der Waals surface area (Å²) in [6, 6.07) is 11.6. The Morgan fingerprint density at radius 2 is 1.75 bits per heavy atom. The molecule has 0 atom stereocenters. The molecule has 0 radical (unpaired) electrons. The molecular formula is C15H11N5. The first-order valence-corrected chi connectivity index (χ1v) is 6.27. The van der Waals surface area contributed by atoms with Crippen molar-refractivity contribution in [3.63, 3.8) is 0 Å². The molecule has 4 aromatic rings. The van der Waals surface area contributed by atoms with Crippen molar-refractivity contribution < 1.29 is 0 Å². The fourth-order valence-electron chi connectivity index (χ4n) is 2.37. The molecule has 0 saturated heterocycles. The van der Waals surface area contributed by atoms with E-state index in [0.717, 1.165) is 33.5 Å². The molecule has 0 saturated carbocycles. The van der Waals surface area contributed by atoms with Gasteiger partial charge in [0, 0.05) is 18.0 Å². The number of imidazole rings is 1. The third-order valence-electron chi connectivity index (χ3n) is 3.30. The molecule has 5 heteroatoms. The molecular weight excluding hydrogens is 250 g/mol. The predicted octanol–water partition coefficient (Wildman–Crippen LogP) is 2.76. The molecule has 20 heavy (non-hydrogen) atoms. The molecule has 0 spiro atoms. The van der Waals surface area contributed by atoms with E-state index in [9.17, 15) is 0 Å². The number of hydrogen-bond acceptors (Lipinski definition) is 4. The molecule has 2 heterocycles. The highest BCUT2D eigenvalue weighted by atomic mass is 14.9. The number of fused-ring (bicyclic) bond motifs is 2. The number of nitrogen functional groups attached to an aromatic ring is 1. The number of para-hydroxylation sites is 2. The fraction of sp³-hybridized carbons (Fsp3) is 0. The molecule has 0 aliphatic heterocycles. The first-order chi connectivity index (χ1) is 9.83. The van der Waals surface area contributed by atoms with Crippen molar-refractivity contribution in [2.75, 3.05) is 5.73 Å². The highest BCUT2D eigenvalue weighted by Gasteiger charge is 2.11. The Kier molecular flexibility index (Phi) is 2.20. The van der Waals surface area contributed by atoms with Gasteiger partial charge < -0.3 is 10.7 Å². The lowest BCUT2D eigenvalue weighted by molar-refractivity contribution is 1.27. The molecule has 0 unspecified atom stereocenters. The minimum atomic E-state index is 0.663. The van der Waals surface area contributed by atoms with Crippen LogP contribution < -0.4 is 5.73 Å².